The number of ether oxygens (including phenoxy) is 1. The highest BCUT2D eigenvalue weighted by Gasteiger charge is 2.52. The number of carbonyl (C=O) groups is 1. The van der Waals surface area contributed by atoms with Gasteiger partial charge in [-0.25, -0.2) is 13.9 Å². The molecule has 1 aromatic carbocycles. The first kappa shape index (κ1) is 20.2. The van der Waals surface area contributed by atoms with E-state index in [-0.39, 0.29) is 24.5 Å². The van der Waals surface area contributed by atoms with Crippen molar-refractivity contribution < 1.29 is 28.3 Å². The molecule has 2 heterocycles. The third kappa shape index (κ3) is 3.99. The van der Waals surface area contributed by atoms with Crippen molar-refractivity contribution in [2.24, 2.45) is 0 Å². The lowest BCUT2D eigenvalue weighted by molar-refractivity contribution is -0.149. The molecule has 0 radical (unpaired) electrons. The summed E-state index contributed by atoms with van der Waals surface area (Å²) < 4.78 is 31.6. The Bertz CT molecular complexity index is 920. The van der Waals surface area contributed by atoms with Crippen LogP contribution >= 0.6 is 0 Å². The van der Waals surface area contributed by atoms with E-state index in [0.29, 0.717) is 12.3 Å². The summed E-state index contributed by atoms with van der Waals surface area (Å²) in [6.07, 6.45) is 3.34. The quantitative estimate of drug-likeness (QED) is 0.389. The lowest BCUT2D eigenvalue weighted by Gasteiger charge is -2.37. The van der Waals surface area contributed by atoms with Crippen molar-refractivity contribution in [1.29, 1.82) is 0 Å². The number of hydrogen-bond donors (Lipinski definition) is 4. The number of aliphatic hydroxyl groups is 1. The number of piperidine rings is 1. The lowest BCUT2D eigenvalue weighted by atomic mass is 9.93. The molecule has 1 aliphatic rings. The van der Waals surface area contributed by atoms with Gasteiger partial charge in [-0.3, -0.25) is 15.0 Å². The van der Waals surface area contributed by atoms with E-state index >= 15 is 0 Å². The highest BCUT2D eigenvalue weighted by molar-refractivity contribution is 7.92. The van der Waals surface area contributed by atoms with Gasteiger partial charge in [0.1, 0.15) is 17.6 Å². The molecule has 0 spiro atoms. The summed E-state index contributed by atoms with van der Waals surface area (Å²) in [4.78, 5) is 15.9. The van der Waals surface area contributed by atoms with Crippen molar-refractivity contribution in [3.8, 4) is 5.75 Å². The molecule has 28 heavy (non-hydrogen) atoms. The molecule has 2 aromatic rings. The van der Waals surface area contributed by atoms with Gasteiger partial charge in [0.25, 0.3) is 5.91 Å². The van der Waals surface area contributed by atoms with E-state index in [0.717, 1.165) is 5.56 Å². The first-order valence-corrected chi connectivity index (χ1v) is 10.2. The standard InChI is InChI=1S/C18H21N3O6S/c22-17(21-24)18(23)12-20-9-7-16(18)28(25,26)15-5-3-14(4-6-15)27-11-13-2-1-8-19-10-13/h1-6,8,10,16,20,23-24H,7,9,11-12H2,(H,21,22). The van der Waals surface area contributed by atoms with Crippen molar-refractivity contribution in [1.82, 2.24) is 15.8 Å². The minimum absolute atomic E-state index is 0.0194. The average molecular weight is 407 g/mol. The predicted octanol–water partition coefficient (Wildman–Crippen LogP) is 0.0327. The van der Waals surface area contributed by atoms with Crippen molar-refractivity contribution >= 4 is 15.7 Å². The van der Waals surface area contributed by atoms with Gasteiger partial charge in [0, 0.05) is 24.5 Å². The number of β-amino-alcohol motifs (C(OH)–C–C–N with tert-alkyl or cyclic N) is 1. The Kier molecular flexibility index (Phi) is 5.94. The molecule has 1 fully saturated rings. The molecule has 4 N–H and O–H groups in total. The number of hydroxylamine groups is 1. The van der Waals surface area contributed by atoms with Crippen LogP contribution in [0.1, 0.15) is 12.0 Å². The van der Waals surface area contributed by atoms with Gasteiger partial charge in [-0.1, -0.05) is 6.07 Å². The molecule has 1 aromatic heterocycles. The van der Waals surface area contributed by atoms with E-state index in [2.05, 4.69) is 10.3 Å². The van der Waals surface area contributed by atoms with Gasteiger partial charge in [0.2, 0.25) is 0 Å². The fraction of sp³-hybridized carbons (Fsp3) is 0.333. The van der Waals surface area contributed by atoms with Gasteiger partial charge >= 0.3 is 0 Å². The molecule has 1 saturated heterocycles. The molecule has 1 amide bonds. The number of aromatic nitrogens is 1. The lowest BCUT2D eigenvalue weighted by Crippen LogP contribution is -2.65. The number of sulfone groups is 1. The SMILES string of the molecule is O=C(NO)C1(O)CNCCC1S(=O)(=O)c1ccc(OCc2cccnc2)cc1. The van der Waals surface area contributed by atoms with E-state index in [4.69, 9.17) is 9.94 Å². The molecule has 0 aliphatic carbocycles. The van der Waals surface area contributed by atoms with Crippen LogP contribution in [0.4, 0.5) is 0 Å². The van der Waals surface area contributed by atoms with Crippen LogP contribution in [0.25, 0.3) is 0 Å². The Labute approximate surface area is 162 Å². The summed E-state index contributed by atoms with van der Waals surface area (Å²) in [7, 11) is -4.04. The van der Waals surface area contributed by atoms with E-state index in [1.807, 2.05) is 6.07 Å². The predicted molar refractivity (Wildman–Crippen MR) is 98.4 cm³/mol. The number of nitrogens with zero attached hydrogens (tertiary/aromatic N) is 1. The summed E-state index contributed by atoms with van der Waals surface area (Å²) >= 11 is 0. The topological polar surface area (TPSA) is 138 Å². The molecule has 150 valence electrons. The highest BCUT2D eigenvalue weighted by atomic mass is 32.2. The fourth-order valence-corrected chi connectivity index (χ4v) is 5.12. The molecule has 9 nitrogen and oxygen atoms in total. The molecular formula is C18H21N3O6S. The number of nitrogens with one attached hydrogen (secondary N) is 2. The van der Waals surface area contributed by atoms with Crippen LogP contribution < -0.4 is 15.5 Å². The average Bonchev–Trinajstić information content (AvgIpc) is 2.73. The molecule has 2 unspecified atom stereocenters. The van der Waals surface area contributed by atoms with Crippen LogP contribution in [0.15, 0.2) is 53.7 Å². The Morgan fingerprint density at radius 2 is 2.07 bits per heavy atom. The monoisotopic (exact) mass is 407 g/mol. The smallest absolute Gasteiger partial charge is 0.277 e. The van der Waals surface area contributed by atoms with Gasteiger partial charge in [-0.2, -0.15) is 0 Å². The number of rotatable bonds is 6. The van der Waals surface area contributed by atoms with Crippen molar-refractivity contribution in [3.63, 3.8) is 0 Å². The van der Waals surface area contributed by atoms with Crippen LogP contribution in [-0.4, -0.2) is 53.6 Å². The number of hydrogen-bond acceptors (Lipinski definition) is 8. The third-order valence-corrected chi connectivity index (χ3v) is 6.96. The van der Waals surface area contributed by atoms with Gasteiger partial charge in [-0.05, 0) is 43.3 Å². The zero-order valence-electron chi connectivity index (χ0n) is 14.9. The van der Waals surface area contributed by atoms with Crippen molar-refractivity contribution in [3.05, 3.63) is 54.4 Å². The van der Waals surface area contributed by atoms with Gasteiger partial charge in [-0.15, -0.1) is 0 Å². The first-order valence-electron chi connectivity index (χ1n) is 8.61. The molecule has 1 aliphatic heterocycles. The van der Waals surface area contributed by atoms with E-state index in [1.54, 1.807) is 18.5 Å². The number of pyridine rings is 1. The molecule has 2 atom stereocenters. The minimum atomic E-state index is -4.04. The van der Waals surface area contributed by atoms with E-state index in [1.165, 1.54) is 29.7 Å². The largest absolute Gasteiger partial charge is 0.489 e. The minimum Gasteiger partial charge on any atom is -0.489 e. The number of amides is 1. The van der Waals surface area contributed by atoms with E-state index in [9.17, 15) is 18.3 Å². The van der Waals surface area contributed by atoms with Crippen LogP contribution in [0.3, 0.4) is 0 Å². The zero-order valence-corrected chi connectivity index (χ0v) is 15.7. The highest BCUT2D eigenvalue weighted by Crippen LogP contribution is 2.30. The second kappa shape index (κ2) is 8.23. The van der Waals surface area contributed by atoms with Crippen molar-refractivity contribution in [2.75, 3.05) is 13.1 Å². The van der Waals surface area contributed by atoms with Gasteiger partial charge in [0.15, 0.2) is 15.4 Å². The number of benzene rings is 1. The molecule has 10 heteroatoms. The third-order valence-electron chi connectivity index (χ3n) is 4.66. The Morgan fingerprint density at radius 3 is 2.71 bits per heavy atom. The summed E-state index contributed by atoms with van der Waals surface area (Å²) in [5.41, 5.74) is -0.0554. The summed E-state index contributed by atoms with van der Waals surface area (Å²) in [5.74, 6) is -0.693. The Morgan fingerprint density at radius 1 is 1.32 bits per heavy atom. The molecule has 3 rings (SSSR count). The normalized spacial score (nSPS) is 22.4. The second-order valence-electron chi connectivity index (χ2n) is 6.49. The Balaban J connectivity index is 1.78. The van der Waals surface area contributed by atoms with E-state index < -0.39 is 26.6 Å². The first-order chi connectivity index (χ1) is 13.4. The van der Waals surface area contributed by atoms with Crippen molar-refractivity contribution in [2.45, 2.75) is 28.8 Å². The van der Waals surface area contributed by atoms with Gasteiger partial charge in [0.05, 0.1) is 4.90 Å². The summed E-state index contributed by atoms with van der Waals surface area (Å²) in [5, 5.41) is 20.9. The maximum Gasteiger partial charge on any atom is 0.277 e. The maximum atomic E-state index is 13.0. The second-order valence-corrected chi connectivity index (χ2v) is 8.62. The van der Waals surface area contributed by atoms with Crippen LogP contribution in [0.5, 0.6) is 5.75 Å². The molecular weight excluding hydrogens is 386 g/mol. The van der Waals surface area contributed by atoms with Gasteiger partial charge < -0.3 is 15.2 Å². The summed E-state index contributed by atoms with van der Waals surface area (Å²) in [6.45, 7) is 0.317. The number of carbonyl (C=O) groups excluding carboxylic acids is 1. The van der Waals surface area contributed by atoms with Crippen LogP contribution in [0, 0.1) is 0 Å². The van der Waals surface area contributed by atoms with Crippen LogP contribution in [0.2, 0.25) is 0 Å². The Hall–Kier alpha value is -2.53. The zero-order chi connectivity index (χ0) is 20.2. The molecule has 0 saturated carbocycles. The van der Waals surface area contributed by atoms with Crippen LogP contribution in [-0.2, 0) is 21.2 Å². The summed E-state index contributed by atoms with van der Waals surface area (Å²) in [6, 6.07) is 9.40. The maximum absolute atomic E-state index is 13.0. The molecule has 0 bridgehead atoms. The fourth-order valence-electron chi connectivity index (χ4n) is 3.14.